The van der Waals surface area contributed by atoms with E-state index in [0.29, 0.717) is 11.3 Å². The number of nitrogens with zero attached hydrogens (tertiary/aromatic N) is 1. The lowest BCUT2D eigenvalue weighted by Gasteiger charge is -2.13. The molecule has 0 bridgehead atoms. The van der Waals surface area contributed by atoms with Crippen LogP contribution in [-0.4, -0.2) is 19.2 Å². The van der Waals surface area contributed by atoms with Crippen molar-refractivity contribution in [2.75, 3.05) is 14.2 Å². The van der Waals surface area contributed by atoms with Gasteiger partial charge in [-0.3, -0.25) is 0 Å². The minimum atomic E-state index is -2.70. The van der Waals surface area contributed by atoms with Gasteiger partial charge in [-0.2, -0.15) is 0 Å². The molecule has 0 amide bonds. The molecule has 1 aromatic rings. The summed E-state index contributed by atoms with van der Waals surface area (Å²) in [6.45, 7) is 0. The molecule has 0 radical (unpaired) electrons. The molecule has 0 aromatic carbocycles. The smallest absolute Gasteiger partial charge is 0.284 e. The average Bonchev–Trinajstić information content (AvgIpc) is 2.26. The molecule has 1 aromatic heterocycles. The summed E-state index contributed by atoms with van der Waals surface area (Å²) in [5.41, 5.74) is -0.0408. The van der Waals surface area contributed by atoms with Crippen LogP contribution in [0.1, 0.15) is 17.7 Å². The average molecular weight is 238 g/mol. The minimum Gasteiger partial charge on any atom is -0.495 e. The Bertz CT molecular complexity index is 347. The Balaban J connectivity index is 3.34. The van der Waals surface area contributed by atoms with Gasteiger partial charge in [0.25, 0.3) is 6.43 Å². The van der Waals surface area contributed by atoms with Crippen LogP contribution in [0.3, 0.4) is 0 Å². The van der Waals surface area contributed by atoms with Gasteiger partial charge in [0.2, 0.25) is 0 Å². The summed E-state index contributed by atoms with van der Waals surface area (Å²) in [5.74, 6) is 0.347. The maximum absolute atomic E-state index is 12.5. The summed E-state index contributed by atoms with van der Waals surface area (Å²) in [6, 6.07) is 0. The van der Waals surface area contributed by atoms with Crippen molar-refractivity contribution in [2.45, 2.75) is 12.3 Å². The fourth-order valence-electron chi connectivity index (χ4n) is 1.22. The topological polar surface area (TPSA) is 31.4 Å². The highest BCUT2D eigenvalue weighted by Crippen LogP contribution is 2.36. The summed E-state index contributed by atoms with van der Waals surface area (Å²) < 4.78 is 34.9. The van der Waals surface area contributed by atoms with E-state index in [1.54, 1.807) is 0 Å². The van der Waals surface area contributed by atoms with E-state index in [4.69, 9.17) is 21.1 Å². The molecule has 84 valence electrons. The Morgan fingerprint density at radius 3 is 2.47 bits per heavy atom. The first-order chi connectivity index (χ1) is 7.15. The van der Waals surface area contributed by atoms with Gasteiger partial charge in [0, 0.05) is 0 Å². The Labute approximate surface area is 91.0 Å². The van der Waals surface area contributed by atoms with Crippen molar-refractivity contribution in [3.8, 4) is 11.5 Å². The van der Waals surface area contributed by atoms with Crippen LogP contribution in [0.15, 0.2) is 6.20 Å². The minimum absolute atomic E-state index is 0.0145. The van der Waals surface area contributed by atoms with Gasteiger partial charge in [-0.05, 0) is 0 Å². The zero-order valence-electron chi connectivity index (χ0n) is 8.26. The first kappa shape index (κ1) is 12.0. The van der Waals surface area contributed by atoms with Crippen LogP contribution in [0.4, 0.5) is 8.78 Å². The lowest BCUT2D eigenvalue weighted by Crippen LogP contribution is -2.02. The Morgan fingerprint density at radius 2 is 2.07 bits per heavy atom. The molecule has 1 heterocycles. The van der Waals surface area contributed by atoms with E-state index in [0.717, 1.165) is 0 Å². The third-order valence-electron chi connectivity index (χ3n) is 1.89. The molecule has 3 nitrogen and oxygen atoms in total. The molecular formula is C9H10ClF2NO2. The molecule has 0 N–H and O–H groups in total. The second-order valence-corrected chi connectivity index (χ2v) is 2.93. The summed E-state index contributed by atoms with van der Waals surface area (Å²) >= 11 is 5.64. The van der Waals surface area contributed by atoms with Crippen LogP contribution in [-0.2, 0) is 5.88 Å². The van der Waals surface area contributed by atoms with Crippen molar-refractivity contribution in [1.82, 2.24) is 4.98 Å². The largest absolute Gasteiger partial charge is 0.495 e. The van der Waals surface area contributed by atoms with Crippen molar-refractivity contribution >= 4 is 11.6 Å². The van der Waals surface area contributed by atoms with Gasteiger partial charge in [-0.25, -0.2) is 13.8 Å². The number of aromatic nitrogens is 1. The summed E-state index contributed by atoms with van der Waals surface area (Å²) in [4.78, 5) is 3.57. The molecule has 0 saturated carbocycles. The van der Waals surface area contributed by atoms with Gasteiger partial charge in [0.05, 0.1) is 31.9 Å². The molecular weight excluding hydrogens is 228 g/mol. The standard InChI is InChI=1S/C9H10ClF2NO2/c1-14-6-4-13-7(9(11)12)8(15-2)5(6)3-10/h4,9H,3H2,1-2H3. The quantitative estimate of drug-likeness (QED) is 0.755. The highest BCUT2D eigenvalue weighted by Gasteiger charge is 2.21. The Hall–Kier alpha value is -1.10. The number of halogens is 3. The number of rotatable bonds is 4. The second kappa shape index (κ2) is 5.11. The SMILES string of the molecule is COc1cnc(C(F)F)c(OC)c1CCl. The van der Waals surface area contributed by atoms with Crippen LogP contribution < -0.4 is 9.47 Å². The molecule has 1 rings (SSSR count). The van der Waals surface area contributed by atoms with Crippen molar-refractivity contribution in [3.63, 3.8) is 0 Å². The third kappa shape index (κ3) is 2.28. The first-order valence-corrected chi connectivity index (χ1v) is 4.63. The van der Waals surface area contributed by atoms with E-state index < -0.39 is 12.1 Å². The third-order valence-corrected chi connectivity index (χ3v) is 2.16. The van der Waals surface area contributed by atoms with Gasteiger partial charge in [0.1, 0.15) is 11.4 Å². The number of alkyl halides is 3. The highest BCUT2D eigenvalue weighted by atomic mass is 35.5. The number of hydrogen-bond acceptors (Lipinski definition) is 3. The number of pyridine rings is 1. The molecule has 0 aliphatic heterocycles. The normalized spacial score (nSPS) is 10.5. The van der Waals surface area contributed by atoms with Crippen molar-refractivity contribution in [1.29, 1.82) is 0 Å². The molecule has 6 heteroatoms. The van der Waals surface area contributed by atoms with Crippen LogP contribution in [0.25, 0.3) is 0 Å². The zero-order valence-corrected chi connectivity index (χ0v) is 9.02. The number of ether oxygens (including phenoxy) is 2. The van der Waals surface area contributed by atoms with E-state index in [-0.39, 0.29) is 11.6 Å². The van der Waals surface area contributed by atoms with E-state index in [9.17, 15) is 8.78 Å². The van der Waals surface area contributed by atoms with Crippen LogP contribution in [0.5, 0.6) is 11.5 Å². The van der Waals surface area contributed by atoms with E-state index in [1.807, 2.05) is 0 Å². The van der Waals surface area contributed by atoms with E-state index in [2.05, 4.69) is 4.98 Å². The summed E-state index contributed by atoms with van der Waals surface area (Å²) in [6.07, 6.45) is -1.49. The molecule has 0 atom stereocenters. The Kier molecular flexibility index (Phi) is 4.08. The summed E-state index contributed by atoms with van der Waals surface area (Å²) in [7, 11) is 2.70. The second-order valence-electron chi connectivity index (χ2n) is 2.66. The van der Waals surface area contributed by atoms with E-state index in [1.165, 1.54) is 20.4 Å². The fourth-order valence-corrected chi connectivity index (χ4v) is 1.47. The van der Waals surface area contributed by atoms with Crippen LogP contribution in [0, 0.1) is 0 Å². The van der Waals surface area contributed by atoms with E-state index >= 15 is 0 Å². The molecule has 15 heavy (non-hydrogen) atoms. The lowest BCUT2D eigenvalue weighted by molar-refractivity contribution is 0.141. The van der Waals surface area contributed by atoms with Gasteiger partial charge in [0.15, 0.2) is 5.75 Å². The highest BCUT2D eigenvalue weighted by molar-refractivity contribution is 6.17. The molecule has 0 fully saturated rings. The summed E-state index contributed by atoms with van der Waals surface area (Å²) in [5, 5.41) is 0. The van der Waals surface area contributed by atoms with Crippen molar-refractivity contribution < 1.29 is 18.3 Å². The molecule has 0 unspecified atom stereocenters. The monoisotopic (exact) mass is 237 g/mol. The van der Waals surface area contributed by atoms with Gasteiger partial charge >= 0.3 is 0 Å². The fraction of sp³-hybridized carbons (Fsp3) is 0.444. The first-order valence-electron chi connectivity index (χ1n) is 4.09. The predicted molar refractivity (Wildman–Crippen MR) is 51.9 cm³/mol. The Morgan fingerprint density at radius 1 is 1.40 bits per heavy atom. The van der Waals surface area contributed by atoms with Gasteiger partial charge < -0.3 is 9.47 Å². The van der Waals surface area contributed by atoms with Crippen LogP contribution >= 0.6 is 11.6 Å². The molecule has 0 spiro atoms. The van der Waals surface area contributed by atoms with Crippen molar-refractivity contribution in [2.24, 2.45) is 0 Å². The van der Waals surface area contributed by atoms with Gasteiger partial charge in [-0.15, -0.1) is 11.6 Å². The number of hydrogen-bond donors (Lipinski definition) is 0. The zero-order chi connectivity index (χ0) is 11.4. The lowest BCUT2D eigenvalue weighted by atomic mass is 10.2. The van der Waals surface area contributed by atoms with Crippen molar-refractivity contribution in [3.05, 3.63) is 17.5 Å². The molecule has 0 aliphatic carbocycles. The maximum atomic E-state index is 12.5. The molecule has 0 aliphatic rings. The van der Waals surface area contributed by atoms with Gasteiger partial charge in [-0.1, -0.05) is 0 Å². The molecule has 0 saturated heterocycles. The maximum Gasteiger partial charge on any atom is 0.284 e. The predicted octanol–water partition coefficient (Wildman–Crippen LogP) is 2.78. The number of methoxy groups -OCH3 is 2. The van der Waals surface area contributed by atoms with Crippen LogP contribution in [0.2, 0.25) is 0 Å².